The average molecular weight is 250 g/mol. The van der Waals surface area contributed by atoms with Gasteiger partial charge in [-0.2, -0.15) is 0 Å². The smallest absolute Gasteiger partial charge is 0.255 e. The molecule has 0 aliphatic heterocycles. The Morgan fingerprint density at radius 3 is 2.56 bits per heavy atom. The van der Waals surface area contributed by atoms with Crippen LogP contribution in [0, 0.1) is 19.8 Å². The molecule has 1 heterocycles. The Hall–Kier alpha value is -1.09. The summed E-state index contributed by atoms with van der Waals surface area (Å²) in [5, 5.41) is 3.36. The van der Waals surface area contributed by atoms with Crippen molar-refractivity contribution in [2.24, 2.45) is 5.92 Å². The molecule has 3 nitrogen and oxygen atoms in total. The van der Waals surface area contributed by atoms with Crippen LogP contribution in [0.15, 0.2) is 10.9 Å². The SMILES string of the molecule is CCCn1c(C)cc(C)c(CNCC(C)C)c1=O. The van der Waals surface area contributed by atoms with Crippen molar-refractivity contribution in [2.75, 3.05) is 6.54 Å². The van der Waals surface area contributed by atoms with E-state index in [-0.39, 0.29) is 5.56 Å². The first kappa shape index (κ1) is 15.0. The Kier molecular flexibility index (Phi) is 5.60. The molecule has 18 heavy (non-hydrogen) atoms. The highest BCUT2D eigenvalue weighted by atomic mass is 16.1. The van der Waals surface area contributed by atoms with Gasteiger partial charge in [-0.1, -0.05) is 20.8 Å². The maximum atomic E-state index is 12.4. The van der Waals surface area contributed by atoms with Crippen molar-refractivity contribution in [3.8, 4) is 0 Å². The lowest BCUT2D eigenvalue weighted by atomic mass is 10.1. The maximum Gasteiger partial charge on any atom is 0.255 e. The average Bonchev–Trinajstić information content (AvgIpc) is 2.28. The van der Waals surface area contributed by atoms with Crippen LogP contribution in [0.25, 0.3) is 0 Å². The van der Waals surface area contributed by atoms with E-state index in [0.717, 1.165) is 36.3 Å². The predicted molar refractivity (Wildman–Crippen MR) is 77.0 cm³/mol. The fraction of sp³-hybridized carbons (Fsp3) is 0.667. The van der Waals surface area contributed by atoms with Gasteiger partial charge in [-0.15, -0.1) is 0 Å². The molecular formula is C15H26N2O. The van der Waals surface area contributed by atoms with E-state index < -0.39 is 0 Å². The number of hydrogen-bond donors (Lipinski definition) is 1. The number of nitrogens with zero attached hydrogens (tertiary/aromatic N) is 1. The van der Waals surface area contributed by atoms with Crippen molar-refractivity contribution in [1.29, 1.82) is 0 Å². The highest BCUT2D eigenvalue weighted by molar-refractivity contribution is 5.26. The number of hydrogen-bond acceptors (Lipinski definition) is 2. The van der Waals surface area contributed by atoms with Crippen LogP contribution in [0.5, 0.6) is 0 Å². The fourth-order valence-electron chi connectivity index (χ4n) is 2.17. The molecule has 0 radical (unpaired) electrons. The number of aryl methyl sites for hydroxylation is 2. The van der Waals surface area contributed by atoms with Crippen molar-refractivity contribution in [3.05, 3.63) is 33.2 Å². The molecule has 1 rings (SSSR count). The molecule has 0 fully saturated rings. The molecule has 0 aliphatic rings. The monoisotopic (exact) mass is 250 g/mol. The van der Waals surface area contributed by atoms with Crippen molar-refractivity contribution < 1.29 is 0 Å². The Bertz CT molecular complexity index is 447. The molecule has 0 amide bonds. The van der Waals surface area contributed by atoms with Gasteiger partial charge in [0.2, 0.25) is 0 Å². The molecule has 1 N–H and O–H groups in total. The zero-order valence-corrected chi connectivity index (χ0v) is 12.3. The van der Waals surface area contributed by atoms with Crippen LogP contribution in [0.1, 0.15) is 44.0 Å². The van der Waals surface area contributed by atoms with Gasteiger partial charge in [0.05, 0.1) is 0 Å². The Morgan fingerprint density at radius 1 is 1.33 bits per heavy atom. The molecule has 0 aromatic carbocycles. The van der Waals surface area contributed by atoms with Gasteiger partial charge in [0, 0.05) is 24.3 Å². The van der Waals surface area contributed by atoms with Crippen LogP contribution in [0.2, 0.25) is 0 Å². The fourth-order valence-corrected chi connectivity index (χ4v) is 2.17. The number of pyridine rings is 1. The molecule has 0 spiro atoms. The standard InChI is InChI=1S/C15H26N2O/c1-6-7-17-13(5)8-12(4)14(15(17)18)10-16-9-11(2)3/h8,11,16H,6-7,9-10H2,1-5H3. The summed E-state index contributed by atoms with van der Waals surface area (Å²) < 4.78 is 1.89. The van der Waals surface area contributed by atoms with Gasteiger partial charge in [-0.05, 0) is 44.4 Å². The van der Waals surface area contributed by atoms with Gasteiger partial charge in [0.15, 0.2) is 0 Å². The van der Waals surface area contributed by atoms with Crippen LogP contribution >= 0.6 is 0 Å². The molecule has 0 atom stereocenters. The lowest BCUT2D eigenvalue weighted by Crippen LogP contribution is -2.30. The summed E-state index contributed by atoms with van der Waals surface area (Å²) in [6.45, 7) is 12.9. The molecule has 0 aliphatic carbocycles. The summed E-state index contributed by atoms with van der Waals surface area (Å²) >= 11 is 0. The first-order valence-electron chi connectivity index (χ1n) is 6.88. The highest BCUT2D eigenvalue weighted by Crippen LogP contribution is 2.07. The number of nitrogens with one attached hydrogen (secondary N) is 1. The first-order chi connectivity index (χ1) is 8.47. The summed E-state index contributed by atoms with van der Waals surface area (Å²) in [5.74, 6) is 0.605. The summed E-state index contributed by atoms with van der Waals surface area (Å²) in [5.41, 5.74) is 3.24. The van der Waals surface area contributed by atoms with Gasteiger partial charge in [0.25, 0.3) is 5.56 Å². The van der Waals surface area contributed by atoms with Crippen LogP contribution in [-0.4, -0.2) is 11.1 Å². The van der Waals surface area contributed by atoms with Crippen molar-refractivity contribution in [1.82, 2.24) is 9.88 Å². The second kappa shape index (κ2) is 6.74. The molecule has 0 saturated carbocycles. The maximum absolute atomic E-state index is 12.4. The van der Waals surface area contributed by atoms with E-state index >= 15 is 0 Å². The molecule has 1 aromatic heterocycles. The van der Waals surface area contributed by atoms with E-state index in [2.05, 4.69) is 32.2 Å². The van der Waals surface area contributed by atoms with Gasteiger partial charge in [-0.25, -0.2) is 0 Å². The molecule has 102 valence electrons. The van der Waals surface area contributed by atoms with E-state index in [9.17, 15) is 4.79 Å². The summed E-state index contributed by atoms with van der Waals surface area (Å²) in [6, 6.07) is 2.11. The molecule has 3 heteroatoms. The summed E-state index contributed by atoms with van der Waals surface area (Å²) in [4.78, 5) is 12.4. The minimum absolute atomic E-state index is 0.172. The van der Waals surface area contributed by atoms with Gasteiger partial charge >= 0.3 is 0 Å². The van der Waals surface area contributed by atoms with E-state index in [0.29, 0.717) is 12.5 Å². The molecule has 1 aromatic rings. The Balaban J connectivity index is 2.96. The van der Waals surface area contributed by atoms with Crippen molar-refractivity contribution in [3.63, 3.8) is 0 Å². The lowest BCUT2D eigenvalue weighted by molar-refractivity contribution is 0.544. The third-order valence-electron chi connectivity index (χ3n) is 3.13. The molecule has 0 unspecified atom stereocenters. The largest absolute Gasteiger partial charge is 0.313 e. The van der Waals surface area contributed by atoms with Crippen molar-refractivity contribution >= 4 is 0 Å². The van der Waals surface area contributed by atoms with Crippen molar-refractivity contribution in [2.45, 2.75) is 54.1 Å². The molecule has 0 saturated heterocycles. The normalized spacial score (nSPS) is 11.2. The van der Waals surface area contributed by atoms with Crippen LogP contribution in [0.4, 0.5) is 0 Å². The third kappa shape index (κ3) is 3.70. The topological polar surface area (TPSA) is 34.0 Å². The van der Waals surface area contributed by atoms with E-state index in [4.69, 9.17) is 0 Å². The van der Waals surface area contributed by atoms with Gasteiger partial charge in [-0.3, -0.25) is 4.79 Å². The zero-order chi connectivity index (χ0) is 13.7. The van der Waals surface area contributed by atoms with Crippen LogP contribution < -0.4 is 10.9 Å². The minimum Gasteiger partial charge on any atom is -0.313 e. The number of aromatic nitrogens is 1. The Labute approximate surface area is 110 Å². The van der Waals surface area contributed by atoms with Gasteiger partial charge in [0.1, 0.15) is 0 Å². The zero-order valence-electron chi connectivity index (χ0n) is 12.3. The summed E-state index contributed by atoms with van der Waals surface area (Å²) in [7, 11) is 0. The quantitative estimate of drug-likeness (QED) is 0.842. The van der Waals surface area contributed by atoms with Crippen LogP contribution in [0.3, 0.4) is 0 Å². The second-order valence-electron chi connectivity index (χ2n) is 5.43. The van der Waals surface area contributed by atoms with E-state index in [1.54, 1.807) is 0 Å². The highest BCUT2D eigenvalue weighted by Gasteiger charge is 2.09. The van der Waals surface area contributed by atoms with Crippen LogP contribution in [-0.2, 0) is 13.1 Å². The molecular weight excluding hydrogens is 224 g/mol. The van der Waals surface area contributed by atoms with Gasteiger partial charge < -0.3 is 9.88 Å². The van der Waals surface area contributed by atoms with E-state index in [1.807, 2.05) is 18.4 Å². The summed E-state index contributed by atoms with van der Waals surface area (Å²) in [6.07, 6.45) is 0.989. The minimum atomic E-state index is 0.172. The first-order valence-corrected chi connectivity index (χ1v) is 6.88. The predicted octanol–water partition coefficient (Wildman–Crippen LogP) is 2.62. The Morgan fingerprint density at radius 2 is 2.00 bits per heavy atom. The second-order valence-corrected chi connectivity index (χ2v) is 5.43. The third-order valence-corrected chi connectivity index (χ3v) is 3.13. The van der Waals surface area contributed by atoms with E-state index in [1.165, 1.54) is 0 Å². The number of rotatable bonds is 6. The lowest BCUT2D eigenvalue weighted by Gasteiger charge is -2.15. The molecule has 0 bridgehead atoms.